The van der Waals surface area contributed by atoms with Gasteiger partial charge in [-0.2, -0.15) is 5.10 Å². The molecule has 158 valence electrons. The molecule has 0 spiro atoms. The summed E-state index contributed by atoms with van der Waals surface area (Å²) in [6.45, 7) is 0.346. The van der Waals surface area contributed by atoms with Crippen LogP contribution in [0, 0.1) is 10.1 Å². The molecule has 10 heteroatoms. The van der Waals surface area contributed by atoms with Crippen molar-refractivity contribution in [2.24, 2.45) is 5.10 Å². The van der Waals surface area contributed by atoms with E-state index >= 15 is 0 Å². The number of carbonyl (C=O) groups is 2. The Balaban J connectivity index is 1.75. The second-order valence-electron chi connectivity index (χ2n) is 6.11. The Morgan fingerprint density at radius 3 is 2.57 bits per heavy atom. The Labute approximate surface area is 173 Å². The molecule has 0 aliphatic carbocycles. The Hall–Kier alpha value is -3.95. The molecular formula is C20H22N4O6. The molecule has 0 heterocycles. The van der Waals surface area contributed by atoms with E-state index in [0.717, 1.165) is 5.56 Å². The van der Waals surface area contributed by atoms with Gasteiger partial charge in [0.2, 0.25) is 11.8 Å². The quantitative estimate of drug-likeness (QED) is 0.264. The van der Waals surface area contributed by atoms with E-state index < -0.39 is 23.2 Å². The summed E-state index contributed by atoms with van der Waals surface area (Å²) in [5, 5.41) is 17.1. The van der Waals surface area contributed by atoms with E-state index in [1.165, 1.54) is 24.4 Å². The van der Waals surface area contributed by atoms with Crippen molar-refractivity contribution in [1.82, 2.24) is 10.7 Å². The van der Waals surface area contributed by atoms with Crippen LogP contribution < -0.4 is 20.2 Å². The predicted molar refractivity (Wildman–Crippen MR) is 110 cm³/mol. The molecule has 0 saturated heterocycles. The van der Waals surface area contributed by atoms with E-state index in [1.54, 1.807) is 26.4 Å². The molecule has 0 saturated carbocycles. The van der Waals surface area contributed by atoms with Gasteiger partial charge in [-0.25, -0.2) is 5.43 Å². The molecule has 0 fully saturated rings. The van der Waals surface area contributed by atoms with Crippen molar-refractivity contribution in [1.29, 1.82) is 0 Å². The maximum atomic E-state index is 11.9. The molecule has 0 atom stereocenters. The van der Waals surface area contributed by atoms with E-state index in [9.17, 15) is 19.7 Å². The minimum Gasteiger partial charge on any atom is -0.493 e. The fraction of sp³-hybridized carbons (Fsp3) is 0.250. The Morgan fingerprint density at radius 1 is 1.10 bits per heavy atom. The number of carbonyl (C=O) groups excluding carboxylic acids is 2. The number of nitro benzene ring substituents is 1. The number of rotatable bonds is 10. The molecule has 2 aromatic rings. The zero-order valence-electron chi connectivity index (χ0n) is 16.6. The molecule has 0 aromatic heterocycles. The zero-order chi connectivity index (χ0) is 21.9. The highest BCUT2D eigenvalue weighted by molar-refractivity contribution is 5.97. The van der Waals surface area contributed by atoms with Crippen LogP contribution in [0.3, 0.4) is 0 Å². The first-order valence-electron chi connectivity index (χ1n) is 8.97. The van der Waals surface area contributed by atoms with E-state index in [0.29, 0.717) is 30.0 Å². The second kappa shape index (κ2) is 11.1. The van der Waals surface area contributed by atoms with Crippen molar-refractivity contribution in [3.8, 4) is 11.5 Å². The summed E-state index contributed by atoms with van der Waals surface area (Å²) in [4.78, 5) is 33.9. The third-order valence-corrected chi connectivity index (χ3v) is 3.99. The number of ether oxygens (including phenoxy) is 2. The summed E-state index contributed by atoms with van der Waals surface area (Å²) in [6, 6.07) is 11.2. The second-order valence-corrected chi connectivity index (χ2v) is 6.11. The molecule has 2 rings (SSSR count). The number of hydrazone groups is 1. The SMILES string of the molecule is COc1ccc(CCNC(=O)CC(=O)N/N=C/c2cccc([N+](=O)[O-])c2)cc1OC. The molecule has 0 aliphatic rings. The Morgan fingerprint density at radius 2 is 1.87 bits per heavy atom. The molecule has 0 unspecified atom stereocenters. The fourth-order valence-electron chi connectivity index (χ4n) is 2.53. The molecule has 2 N–H and O–H groups in total. The number of methoxy groups -OCH3 is 2. The third-order valence-electron chi connectivity index (χ3n) is 3.99. The third kappa shape index (κ3) is 6.89. The summed E-state index contributed by atoms with van der Waals surface area (Å²) in [7, 11) is 3.10. The highest BCUT2D eigenvalue weighted by atomic mass is 16.6. The van der Waals surface area contributed by atoms with Crippen LogP contribution >= 0.6 is 0 Å². The average Bonchev–Trinajstić information content (AvgIpc) is 2.73. The zero-order valence-corrected chi connectivity index (χ0v) is 16.6. The van der Waals surface area contributed by atoms with Gasteiger partial charge in [-0.05, 0) is 24.1 Å². The summed E-state index contributed by atoms with van der Waals surface area (Å²) in [5.74, 6) is 0.175. The number of nitrogens with zero attached hydrogens (tertiary/aromatic N) is 2. The molecule has 30 heavy (non-hydrogen) atoms. The lowest BCUT2D eigenvalue weighted by Crippen LogP contribution is -2.31. The summed E-state index contributed by atoms with van der Waals surface area (Å²) in [5.41, 5.74) is 3.52. The monoisotopic (exact) mass is 414 g/mol. The number of non-ortho nitro benzene ring substituents is 1. The molecule has 10 nitrogen and oxygen atoms in total. The number of hydrogen-bond acceptors (Lipinski definition) is 7. The molecule has 0 aliphatic heterocycles. The number of nitrogens with one attached hydrogen (secondary N) is 2. The van der Waals surface area contributed by atoms with Crippen molar-refractivity contribution >= 4 is 23.7 Å². The molecule has 0 bridgehead atoms. The van der Waals surface area contributed by atoms with Crippen LogP contribution in [0.5, 0.6) is 11.5 Å². The van der Waals surface area contributed by atoms with Crippen molar-refractivity contribution in [2.45, 2.75) is 12.8 Å². The van der Waals surface area contributed by atoms with Gasteiger partial charge in [0.05, 0.1) is 25.4 Å². The van der Waals surface area contributed by atoms with Crippen LogP contribution in [-0.4, -0.2) is 43.7 Å². The first kappa shape index (κ1) is 22.3. The first-order valence-corrected chi connectivity index (χ1v) is 8.97. The average molecular weight is 414 g/mol. The van der Waals surface area contributed by atoms with Crippen LogP contribution in [-0.2, 0) is 16.0 Å². The largest absolute Gasteiger partial charge is 0.493 e. The minimum atomic E-state index is -0.597. The molecular weight excluding hydrogens is 392 g/mol. The first-order chi connectivity index (χ1) is 14.4. The van der Waals surface area contributed by atoms with Crippen molar-refractivity contribution < 1.29 is 24.0 Å². The molecule has 2 aromatic carbocycles. The standard InChI is InChI=1S/C20H22N4O6/c1-29-17-7-6-14(11-18(17)30-2)8-9-21-19(25)12-20(26)23-22-13-15-4-3-5-16(10-15)24(27)28/h3-7,10-11,13H,8-9,12H2,1-2H3,(H,21,25)(H,23,26)/b22-13+. The van der Waals surface area contributed by atoms with E-state index in [2.05, 4.69) is 15.8 Å². The molecule has 2 amide bonds. The fourth-order valence-corrected chi connectivity index (χ4v) is 2.53. The smallest absolute Gasteiger partial charge is 0.270 e. The Kier molecular flexibility index (Phi) is 8.30. The number of hydrogen-bond donors (Lipinski definition) is 2. The number of benzene rings is 2. The summed E-state index contributed by atoms with van der Waals surface area (Å²) in [6.07, 6.45) is 1.43. The van der Waals surface area contributed by atoms with Gasteiger partial charge in [-0.3, -0.25) is 19.7 Å². The van der Waals surface area contributed by atoms with Gasteiger partial charge < -0.3 is 14.8 Å². The van der Waals surface area contributed by atoms with Crippen molar-refractivity contribution in [3.63, 3.8) is 0 Å². The maximum absolute atomic E-state index is 11.9. The van der Waals surface area contributed by atoms with Crippen molar-refractivity contribution in [3.05, 3.63) is 63.7 Å². The van der Waals surface area contributed by atoms with Gasteiger partial charge in [0.25, 0.3) is 5.69 Å². The Bertz CT molecular complexity index is 945. The van der Waals surface area contributed by atoms with Gasteiger partial charge in [0, 0.05) is 24.2 Å². The van der Waals surface area contributed by atoms with Gasteiger partial charge in [-0.15, -0.1) is 0 Å². The maximum Gasteiger partial charge on any atom is 0.270 e. The normalized spacial score (nSPS) is 10.5. The highest BCUT2D eigenvalue weighted by Crippen LogP contribution is 2.27. The van der Waals surface area contributed by atoms with Gasteiger partial charge in [0.15, 0.2) is 11.5 Å². The topological polar surface area (TPSA) is 132 Å². The number of nitro groups is 1. The lowest BCUT2D eigenvalue weighted by Gasteiger charge is -2.10. The lowest BCUT2D eigenvalue weighted by molar-refractivity contribution is -0.384. The predicted octanol–water partition coefficient (Wildman–Crippen LogP) is 1.81. The van der Waals surface area contributed by atoms with E-state index in [4.69, 9.17) is 9.47 Å². The van der Waals surface area contributed by atoms with Crippen LogP contribution in [0.1, 0.15) is 17.5 Å². The minimum absolute atomic E-state index is 0.0841. The van der Waals surface area contributed by atoms with Crippen molar-refractivity contribution in [2.75, 3.05) is 20.8 Å². The van der Waals surface area contributed by atoms with Gasteiger partial charge >= 0.3 is 0 Å². The highest BCUT2D eigenvalue weighted by Gasteiger charge is 2.09. The van der Waals surface area contributed by atoms with Crippen LogP contribution in [0.25, 0.3) is 0 Å². The van der Waals surface area contributed by atoms with Crippen LogP contribution in [0.15, 0.2) is 47.6 Å². The van der Waals surface area contributed by atoms with Crippen LogP contribution in [0.2, 0.25) is 0 Å². The van der Waals surface area contributed by atoms with Gasteiger partial charge in [-0.1, -0.05) is 18.2 Å². The van der Waals surface area contributed by atoms with E-state index in [1.807, 2.05) is 12.1 Å². The molecule has 0 radical (unpaired) electrons. The number of amides is 2. The summed E-state index contributed by atoms with van der Waals surface area (Å²) >= 11 is 0. The van der Waals surface area contributed by atoms with Gasteiger partial charge in [0.1, 0.15) is 6.42 Å². The van der Waals surface area contributed by atoms with Crippen LogP contribution in [0.4, 0.5) is 5.69 Å². The lowest BCUT2D eigenvalue weighted by atomic mass is 10.1. The van der Waals surface area contributed by atoms with E-state index in [-0.39, 0.29) is 5.69 Å². The summed E-state index contributed by atoms with van der Waals surface area (Å²) < 4.78 is 10.4.